The first-order chi connectivity index (χ1) is 15.6. The van der Waals surface area contributed by atoms with Crippen molar-refractivity contribution in [3.63, 3.8) is 0 Å². The van der Waals surface area contributed by atoms with Crippen molar-refractivity contribution in [3.8, 4) is 11.5 Å². The molecule has 0 aliphatic rings. The molecule has 0 spiro atoms. The first kappa shape index (κ1) is 22.9. The predicted octanol–water partition coefficient (Wildman–Crippen LogP) is 4.98. The molecule has 0 aliphatic heterocycles. The molecule has 6 nitrogen and oxygen atoms in total. The number of amides is 2. The first-order valence-electron chi connectivity index (χ1n) is 10.7. The van der Waals surface area contributed by atoms with Crippen LogP contribution in [-0.4, -0.2) is 25.0 Å². The minimum atomic E-state index is -0.865. The van der Waals surface area contributed by atoms with Gasteiger partial charge in [0.1, 0.15) is 6.04 Å². The molecule has 3 aromatic carbocycles. The smallest absolute Gasteiger partial charge is 0.252 e. The van der Waals surface area contributed by atoms with Gasteiger partial charge in [-0.1, -0.05) is 55.5 Å². The summed E-state index contributed by atoms with van der Waals surface area (Å²) in [6.07, 6.45) is 0.864. The highest BCUT2D eigenvalue weighted by atomic mass is 16.5. The summed E-state index contributed by atoms with van der Waals surface area (Å²) < 4.78 is 11.4. The fourth-order valence-electron chi connectivity index (χ4n) is 3.14. The van der Waals surface area contributed by atoms with E-state index in [9.17, 15) is 9.59 Å². The van der Waals surface area contributed by atoms with E-state index in [4.69, 9.17) is 9.47 Å². The molecule has 0 aliphatic carbocycles. The van der Waals surface area contributed by atoms with E-state index >= 15 is 0 Å². The second-order valence-corrected chi connectivity index (χ2v) is 7.12. The Hall–Kier alpha value is -3.80. The Morgan fingerprint density at radius 1 is 0.844 bits per heavy atom. The number of benzene rings is 3. The first-order valence-corrected chi connectivity index (χ1v) is 10.7. The zero-order chi connectivity index (χ0) is 22.8. The Labute approximate surface area is 188 Å². The molecule has 1 unspecified atom stereocenters. The molecular formula is C26H28N2O4. The monoisotopic (exact) mass is 432 g/mol. The Kier molecular flexibility index (Phi) is 8.26. The molecule has 166 valence electrons. The average Bonchev–Trinajstić information content (AvgIpc) is 2.83. The molecule has 32 heavy (non-hydrogen) atoms. The summed E-state index contributed by atoms with van der Waals surface area (Å²) in [5.41, 5.74) is 1.72. The molecule has 3 rings (SSSR count). The van der Waals surface area contributed by atoms with Crippen molar-refractivity contribution in [2.75, 3.05) is 18.5 Å². The molecule has 0 heterocycles. The van der Waals surface area contributed by atoms with Gasteiger partial charge in [-0.05, 0) is 49.2 Å². The minimum absolute atomic E-state index is 0.330. The largest absolute Gasteiger partial charge is 0.490 e. The van der Waals surface area contributed by atoms with E-state index in [0.717, 1.165) is 6.42 Å². The van der Waals surface area contributed by atoms with E-state index in [1.54, 1.807) is 30.3 Å². The van der Waals surface area contributed by atoms with Crippen LogP contribution in [0.1, 0.15) is 42.2 Å². The molecule has 0 saturated heterocycles. The van der Waals surface area contributed by atoms with Crippen LogP contribution in [-0.2, 0) is 4.79 Å². The van der Waals surface area contributed by atoms with Crippen LogP contribution in [0, 0.1) is 0 Å². The molecule has 0 bridgehead atoms. The van der Waals surface area contributed by atoms with Crippen LogP contribution in [0.25, 0.3) is 0 Å². The second-order valence-electron chi connectivity index (χ2n) is 7.12. The lowest BCUT2D eigenvalue weighted by molar-refractivity contribution is -0.118. The highest BCUT2D eigenvalue weighted by molar-refractivity contribution is 6.01. The van der Waals surface area contributed by atoms with Gasteiger partial charge in [0, 0.05) is 11.3 Å². The van der Waals surface area contributed by atoms with Gasteiger partial charge in [0.25, 0.3) is 11.8 Å². The number of carbonyl (C=O) groups is 2. The topological polar surface area (TPSA) is 76.7 Å². The molecule has 3 aromatic rings. The van der Waals surface area contributed by atoms with E-state index in [-0.39, 0.29) is 11.8 Å². The molecule has 6 heteroatoms. The van der Waals surface area contributed by atoms with Crippen LogP contribution < -0.4 is 20.1 Å². The lowest BCUT2D eigenvalue weighted by Gasteiger charge is -2.19. The van der Waals surface area contributed by atoms with Crippen molar-refractivity contribution in [3.05, 3.63) is 90.0 Å². The maximum Gasteiger partial charge on any atom is 0.252 e. The third-order valence-corrected chi connectivity index (χ3v) is 4.68. The number of para-hydroxylation sites is 1. The summed E-state index contributed by atoms with van der Waals surface area (Å²) in [4.78, 5) is 26.1. The maximum absolute atomic E-state index is 13.1. The lowest BCUT2D eigenvalue weighted by Crippen LogP contribution is -2.37. The number of hydrogen-bond acceptors (Lipinski definition) is 4. The number of rotatable bonds is 10. The third kappa shape index (κ3) is 6.11. The van der Waals surface area contributed by atoms with E-state index in [2.05, 4.69) is 10.6 Å². The Balaban J connectivity index is 1.83. The van der Waals surface area contributed by atoms with Crippen LogP contribution in [0.3, 0.4) is 0 Å². The van der Waals surface area contributed by atoms with Crippen molar-refractivity contribution in [1.82, 2.24) is 5.32 Å². The maximum atomic E-state index is 13.1. The highest BCUT2D eigenvalue weighted by Gasteiger charge is 2.24. The quantitative estimate of drug-likeness (QED) is 0.474. The second kappa shape index (κ2) is 11.6. The summed E-state index contributed by atoms with van der Waals surface area (Å²) in [5, 5.41) is 5.72. The fourth-order valence-corrected chi connectivity index (χ4v) is 3.14. The summed E-state index contributed by atoms with van der Waals surface area (Å²) in [6.45, 7) is 4.89. The number of carbonyl (C=O) groups excluding carboxylic acids is 2. The summed E-state index contributed by atoms with van der Waals surface area (Å²) in [7, 11) is 0. The summed E-state index contributed by atoms with van der Waals surface area (Å²) >= 11 is 0. The number of hydrogen-bond donors (Lipinski definition) is 2. The SMILES string of the molecule is CCCOc1ccc(C(=O)NC(C(=O)Nc2ccccc2)c2ccccc2)cc1OCC. The van der Waals surface area contributed by atoms with Gasteiger partial charge in [-0.15, -0.1) is 0 Å². The molecule has 2 amide bonds. The average molecular weight is 433 g/mol. The molecule has 2 N–H and O–H groups in total. The number of ether oxygens (including phenoxy) is 2. The van der Waals surface area contributed by atoms with Crippen LogP contribution in [0.4, 0.5) is 5.69 Å². The van der Waals surface area contributed by atoms with Gasteiger partial charge in [-0.2, -0.15) is 0 Å². The molecular weight excluding hydrogens is 404 g/mol. The molecule has 0 radical (unpaired) electrons. The van der Waals surface area contributed by atoms with Crippen LogP contribution in [0.15, 0.2) is 78.9 Å². The van der Waals surface area contributed by atoms with Crippen molar-refractivity contribution >= 4 is 17.5 Å². The van der Waals surface area contributed by atoms with Crippen LogP contribution in [0.2, 0.25) is 0 Å². The van der Waals surface area contributed by atoms with Gasteiger partial charge in [0.2, 0.25) is 0 Å². The molecule has 0 saturated carbocycles. The van der Waals surface area contributed by atoms with Crippen molar-refractivity contribution in [1.29, 1.82) is 0 Å². The fraction of sp³-hybridized carbons (Fsp3) is 0.231. The van der Waals surface area contributed by atoms with Crippen molar-refractivity contribution in [2.45, 2.75) is 26.3 Å². The van der Waals surface area contributed by atoms with Gasteiger partial charge in [-0.25, -0.2) is 0 Å². The molecule has 1 atom stereocenters. The Morgan fingerprint density at radius 2 is 1.53 bits per heavy atom. The normalized spacial score (nSPS) is 11.3. The van der Waals surface area contributed by atoms with Crippen LogP contribution in [0.5, 0.6) is 11.5 Å². The van der Waals surface area contributed by atoms with Gasteiger partial charge in [0.15, 0.2) is 11.5 Å². The number of anilines is 1. The predicted molar refractivity (Wildman–Crippen MR) is 125 cm³/mol. The molecule has 0 aromatic heterocycles. The number of nitrogens with one attached hydrogen (secondary N) is 2. The van der Waals surface area contributed by atoms with Crippen LogP contribution >= 0.6 is 0 Å². The van der Waals surface area contributed by atoms with E-state index in [1.807, 2.05) is 62.4 Å². The van der Waals surface area contributed by atoms with Gasteiger partial charge in [0.05, 0.1) is 13.2 Å². The highest BCUT2D eigenvalue weighted by Crippen LogP contribution is 2.29. The zero-order valence-corrected chi connectivity index (χ0v) is 18.3. The third-order valence-electron chi connectivity index (χ3n) is 4.68. The Morgan fingerprint density at radius 3 is 2.19 bits per heavy atom. The van der Waals surface area contributed by atoms with Crippen molar-refractivity contribution < 1.29 is 19.1 Å². The molecule has 0 fully saturated rings. The summed E-state index contributed by atoms with van der Waals surface area (Å²) in [6, 6.07) is 22.4. The van der Waals surface area contributed by atoms with Gasteiger partial charge >= 0.3 is 0 Å². The lowest BCUT2D eigenvalue weighted by atomic mass is 10.0. The van der Waals surface area contributed by atoms with Gasteiger partial charge in [-0.3, -0.25) is 9.59 Å². The van der Waals surface area contributed by atoms with E-state index < -0.39 is 6.04 Å². The Bertz CT molecular complexity index is 1020. The van der Waals surface area contributed by atoms with E-state index in [1.165, 1.54) is 0 Å². The minimum Gasteiger partial charge on any atom is -0.490 e. The summed E-state index contributed by atoms with van der Waals surface area (Å²) in [5.74, 6) is 0.374. The standard InChI is InChI=1S/C26H28N2O4/c1-3-17-32-22-16-15-20(18-23(22)31-4-2)25(29)28-24(19-11-7-5-8-12-19)26(30)27-21-13-9-6-10-14-21/h5-16,18,24H,3-4,17H2,1-2H3,(H,27,30)(H,28,29). The van der Waals surface area contributed by atoms with Gasteiger partial charge < -0.3 is 20.1 Å². The van der Waals surface area contributed by atoms with Crippen molar-refractivity contribution in [2.24, 2.45) is 0 Å². The van der Waals surface area contributed by atoms with E-state index in [0.29, 0.717) is 41.5 Å². The zero-order valence-electron chi connectivity index (χ0n) is 18.3.